The van der Waals surface area contributed by atoms with Crippen LogP contribution in [0.5, 0.6) is 0 Å². The summed E-state index contributed by atoms with van der Waals surface area (Å²) in [5, 5.41) is 0. The second-order valence-electron chi connectivity index (χ2n) is 9.82. The molecular formula is C33H58O11. The van der Waals surface area contributed by atoms with E-state index in [0.717, 1.165) is 18.4 Å². The van der Waals surface area contributed by atoms with Gasteiger partial charge in [-0.05, 0) is 12.0 Å². The van der Waals surface area contributed by atoms with Crippen LogP contribution >= 0.6 is 0 Å². The first-order chi connectivity index (χ1) is 21.8. The van der Waals surface area contributed by atoms with Crippen LogP contribution in [0.25, 0.3) is 0 Å². The molecule has 0 atom stereocenters. The molecule has 0 amide bonds. The van der Waals surface area contributed by atoms with E-state index in [1.807, 2.05) is 30.3 Å². The lowest BCUT2D eigenvalue weighted by molar-refractivity contribution is -0.145. The fraction of sp³-hybridized carbons (Fsp3) is 0.788. The minimum absolute atomic E-state index is 0.145. The highest BCUT2D eigenvalue weighted by Gasteiger charge is 2.02. The highest BCUT2D eigenvalue weighted by Crippen LogP contribution is 2.05. The number of unbranched alkanes of at least 4 members (excludes halogenated alkanes) is 4. The summed E-state index contributed by atoms with van der Waals surface area (Å²) in [6.07, 6.45) is 6.09. The van der Waals surface area contributed by atoms with Crippen LogP contribution in [-0.4, -0.2) is 125 Å². The third kappa shape index (κ3) is 30.4. The Kier molecular flexibility index (Phi) is 31.4. The molecule has 0 heterocycles. The van der Waals surface area contributed by atoms with E-state index in [9.17, 15) is 4.79 Å². The summed E-state index contributed by atoms with van der Waals surface area (Å²) in [7, 11) is 0. The van der Waals surface area contributed by atoms with E-state index < -0.39 is 0 Å². The molecule has 1 aromatic carbocycles. The summed E-state index contributed by atoms with van der Waals surface area (Å²) in [4.78, 5) is 11.6. The molecule has 0 N–H and O–H groups in total. The van der Waals surface area contributed by atoms with Gasteiger partial charge in [0, 0.05) is 6.42 Å². The molecule has 0 aliphatic rings. The van der Waals surface area contributed by atoms with E-state index in [1.165, 1.54) is 19.3 Å². The predicted molar refractivity (Wildman–Crippen MR) is 167 cm³/mol. The van der Waals surface area contributed by atoms with Crippen molar-refractivity contribution < 1.29 is 52.2 Å². The van der Waals surface area contributed by atoms with Gasteiger partial charge in [-0.2, -0.15) is 0 Å². The van der Waals surface area contributed by atoms with E-state index in [1.54, 1.807) is 0 Å². The second-order valence-corrected chi connectivity index (χ2v) is 9.82. The minimum Gasteiger partial charge on any atom is -0.463 e. The molecule has 0 aromatic heterocycles. The number of ether oxygens (including phenoxy) is 10. The first-order valence-corrected chi connectivity index (χ1v) is 16.2. The van der Waals surface area contributed by atoms with Crippen molar-refractivity contribution in [3.05, 3.63) is 35.9 Å². The van der Waals surface area contributed by atoms with E-state index in [4.69, 9.17) is 47.4 Å². The van der Waals surface area contributed by atoms with Crippen molar-refractivity contribution in [2.45, 2.75) is 52.1 Å². The van der Waals surface area contributed by atoms with Crippen LogP contribution in [-0.2, 0) is 58.8 Å². The quantitative estimate of drug-likeness (QED) is 0.0794. The Labute approximate surface area is 265 Å². The largest absolute Gasteiger partial charge is 0.463 e. The fourth-order valence-corrected chi connectivity index (χ4v) is 3.68. The van der Waals surface area contributed by atoms with Crippen molar-refractivity contribution in [3.63, 3.8) is 0 Å². The number of esters is 1. The molecule has 0 saturated carbocycles. The summed E-state index contributed by atoms with van der Waals surface area (Å²) in [5.41, 5.74) is 1.16. The zero-order valence-electron chi connectivity index (χ0n) is 27.1. The topological polar surface area (TPSA) is 109 Å². The van der Waals surface area contributed by atoms with Gasteiger partial charge in [0.25, 0.3) is 0 Å². The standard InChI is InChI=1S/C33H58O11/c1-2-3-4-5-9-12-33(34)44-30-29-42-26-25-40-22-21-38-18-17-36-14-13-35-15-16-37-19-20-39-23-24-41-27-28-43-31-32-10-7-6-8-11-32/h6-8,10-11H,2-5,9,12-31H2,1H3. The molecule has 0 saturated heterocycles. The van der Waals surface area contributed by atoms with Gasteiger partial charge in [-0.25, -0.2) is 0 Å². The second kappa shape index (κ2) is 34.2. The van der Waals surface area contributed by atoms with Gasteiger partial charge in [0.05, 0.1) is 119 Å². The highest BCUT2D eigenvalue weighted by atomic mass is 16.6. The highest BCUT2D eigenvalue weighted by molar-refractivity contribution is 5.69. The smallest absolute Gasteiger partial charge is 0.305 e. The van der Waals surface area contributed by atoms with E-state index in [0.29, 0.717) is 125 Å². The summed E-state index contributed by atoms with van der Waals surface area (Å²) < 4.78 is 54.4. The maximum atomic E-state index is 11.6. The molecule has 0 radical (unpaired) electrons. The maximum Gasteiger partial charge on any atom is 0.305 e. The van der Waals surface area contributed by atoms with Gasteiger partial charge in [-0.1, -0.05) is 62.9 Å². The average molecular weight is 631 g/mol. The van der Waals surface area contributed by atoms with Crippen LogP contribution < -0.4 is 0 Å². The molecular weight excluding hydrogens is 572 g/mol. The molecule has 0 fully saturated rings. The normalized spacial score (nSPS) is 11.3. The zero-order chi connectivity index (χ0) is 31.4. The van der Waals surface area contributed by atoms with E-state index in [-0.39, 0.29) is 12.6 Å². The number of rotatable bonds is 35. The third-order valence-electron chi connectivity index (χ3n) is 6.06. The maximum absolute atomic E-state index is 11.6. The van der Waals surface area contributed by atoms with Gasteiger partial charge in [0.2, 0.25) is 0 Å². The SMILES string of the molecule is CCCCCCCC(=O)OCCOCCOCCOCCOCCOCCOCCOCCOCCOCc1ccccc1. The number of hydrogen-bond acceptors (Lipinski definition) is 11. The summed E-state index contributed by atoms with van der Waals surface area (Å²) >= 11 is 0. The molecule has 11 nitrogen and oxygen atoms in total. The lowest BCUT2D eigenvalue weighted by Crippen LogP contribution is -2.15. The van der Waals surface area contributed by atoms with Crippen LogP contribution in [0.1, 0.15) is 51.0 Å². The lowest BCUT2D eigenvalue weighted by atomic mass is 10.1. The molecule has 0 unspecified atom stereocenters. The monoisotopic (exact) mass is 630 g/mol. The molecule has 11 heteroatoms. The van der Waals surface area contributed by atoms with Crippen molar-refractivity contribution in [2.75, 3.05) is 119 Å². The van der Waals surface area contributed by atoms with Crippen LogP contribution in [0.3, 0.4) is 0 Å². The Bertz CT molecular complexity index is 708. The number of carbonyl (C=O) groups is 1. The number of benzene rings is 1. The van der Waals surface area contributed by atoms with E-state index in [2.05, 4.69) is 6.92 Å². The van der Waals surface area contributed by atoms with Crippen molar-refractivity contribution in [3.8, 4) is 0 Å². The Morgan fingerprint density at radius 1 is 0.455 bits per heavy atom. The van der Waals surface area contributed by atoms with Crippen molar-refractivity contribution in [1.29, 1.82) is 0 Å². The Morgan fingerprint density at radius 2 is 0.818 bits per heavy atom. The van der Waals surface area contributed by atoms with Gasteiger partial charge >= 0.3 is 5.97 Å². The van der Waals surface area contributed by atoms with E-state index >= 15 is 0 Å². The van der Waals surface area contributed by atoms with Crippen molar-refractivity contribution in [1.82, 2.24) is 0 Å². The molecule has 0 aliphatic carbocycles. The fourth-order valence-electron chi connectivity index (χ4n) is 3.68. The van der Waals surface area contributed by atoms with Gasteiger partial charge in [0.1, 0.15) is 6.61 Å². The average Bonchev–Trinajstić information content (AvgIpc) is 3.04. The number of hydrogen-bond donors (Lipinski definition) is 0. The summed E-state index contributed by atoms with van der Waals surface area (Å²) in [6, 6.07) is 10.1. The predicted octanol–water partition coefficient (Wildman–Crippen LogP) is 4.24. The van der Waals surface area contributed by atoms with Crippen molar-refractivity contribution >= 4 is 5.97 Å². The summed E-state index contributed by atoms with van der Waals surface area (Å²) in [6.45, 7) is 11.6. The molecule has 1 rings (SSSR count). The van der Waals surface area contributed by atoms with Crippen molar-refractivity contribution in [2.24, 2.45) is 0 Å². The zero-order valence-corrected chi connectivity index (χ0v) is 27.1. The van der Waals surface area contributed by atoms with Gasteiger partial charge < -0.3 is 47.4 Å². The first kappa shape index (κ1) is 40.4. The van der Waals surface area contributed by atoms with Gasteiger partial charge in [0.15, 0.2) is 0 Å². The molecule has 0 bridgehead atoms. The van der Waals surface area contributed by atoms with Gasteiger partial charge in [-0.15, -0.1) is 0 Å². The first-order valence-electron chi connectivity index (χ1n) is 16.2. The van der Waals surface area contributed by atoms with Crippen LogP contribution in [0, 0.1) is 0 Å². The van der Waals surface area contributed by atoms with Gasteiger partial charge in [-0.3, -0.25) is 4.79 Å². The molecule has 1 aromatic rings. The Balaban J connectivity index is 1.64. The Hall–Kier alpha value is -1.67. The third-order valence-corrected chi connectivity index (χ3v) is 6.06. The van der Waals surface area contributed by atoms with Crippen LogP contribution in [0.15, 0.2) is 30.3 Å². The summed E-state index contributed by atoms with van der Waals surface area (Å²) in [5.74, 6) is -0.145. The number of carbonyl (C=O) groups excluding carboxylic acids is 1. The molecule has 0 aliphatic heterocycles. The molecule has 44 heavy (non-hydrogen) atoms. The molecule has 0 spiro atoms. The van der Waals surface area contributed by atoms with Crippen LogP contribution in [0.2, 0.25) is 0 Å². The minimum atomic E-state index is -0.145. The Morgan fingerprint density at radius 3 is 1.23 bits per heavy atom. The van der Waals surface area contributed by atoms with Crippen LogP contribution in [0.4, 0.5) is 0 Å². The lowest BCUT2D eigenvalue weighted by Gasteiger charge is -2.09. The molecule has 256 valence electrons.